The van der Waals surface area contributed by atoms with Crippen molar-refractivity contribution in [3.63, 3.8) is 0 Å². The van der Waals surface area contributed by atoms with Crippen LogP contribution in [-0.2, 0) is 21.0 Å². The molecule has 0 radical (unpaired) electrons. The lowest BCUT2D eigenvalue weighted by molar-refractivity contribution is -0.139. The second-order valence-corrected chi connectivity index (χ2v) is 4.45. The van der Waals surface area contributed by atoms with Crippen LogP contribution in [0, 0.1) is 11.8 Å². The van der Waals surface area contributed by atoms with Crippen molar-refractivity contribution in [2.45, 2.75) is 13.7 Å². The lowest BCUT2D eigenvalue weighted by atomic mass is 10.1. The van der Waals surface area contributed by atoms with Crippen LogP contribution in [0.15, 0.2) is 29.4 Å². The van der Waals surface area contributed by atoms with Crippen molar-refractivity contribution in [2.24, 2.45) is 5.16 Å². The highest BCUT2D eigenvalue weighted by Crippen LogP contribution is 2.24. The zero-order valence-electron chi connectivity index (χ0n) is 12.4. The maximum Gasteiger partial charge on any atom is 0.303 e. The van der Waals surface area contributed by atoms with Crippen LogP contribution < -0.4 is 0 Å². The predicted octanol–water partition coefficient (Wildman–Crippen LogP) is 1.97. The van der Waals surface area contributed by atoms with E-state index in [1.807, 2.05) is 28.8 Å². The number of benzene rings is 1. The molecule has 6 nitrogen and oxygen atoms in total. The van der Waals surface area contributed by atoms with Crippen LogP contribution in [0.1, 0.15) is 18.2 Å². The van der Waals surface area contributed by atoms with E-state index in [1.54, 1.807) is 7.11 Å². The summed E-state index contributed by atoms with van der Waals surface area (Å²) < 4.78 is 11.9. The van der Waals surface area contributed by atoms with E-state index in [0.717, 1.165) is 10.9 Å². The van der Waals surface area contributed by atoms with Crippen molar-refractivity contribution in [1.29, 1.82) is 0 Å². The molecule has 2 rings (SSSR count). The number of para-hydroxylation sites is 1. The van der Waals surface area contributed by atoms with Gasteiger partial charge in [0, 0.05) is 19.4 Å². The summed E-state index contributed by atoms with van der Waals surface area (Å²) in [6.07, 6.45) is 1.31. The van der Waals surface area contributed by atoms with E-state index in [-0.39, 0.29) is 12.6 Å². The third-order valence-electron chi connectivity index (χ3n) is 3.01. The van der Waals surface area contributed by atoms with Gasteiger partial charge in [0.1, 0.15) is 6.73 Å². The minimum Gasteiger partial charge on any atom is -0.453 e. The summed E-state index contributed by atoms with van der Waals surface area (Å²) in [4.78, 5) is 10.8. The molecule has 1 heterocycles. The average Bonchev–Trinajstić information content (AvgIpc) is 2.79. The normalized spacial score (nSPS) is 10.6. The number of carbonyl (C=O) groups excluding carboxylic acids is 1. The molecule has 1 aromatic heterocycles. The number of fused-ring (bicyclic) bond motifs is 1. The summed E-state index contributed by atoms with van der Waals surface area (Å²) >= 11 is 0. The quantitative estimate of drug-likeness (QED) is 0.308. The van der Waals surface area contributed by atoms with E-state index in [2.05, 4.69) is 17.0 Å². The number of oxime groups is 1. The standard InChI is InChI=1S/C16H16N2O4/c1-12(19)22-9-5-7-14-13-6-3-4-8-15(13)18(11-21-2)16(14)10-17-20/h3-4,6,8,10,20H,9,11H2,1-2H3/b17-10+. The number of hydrogen-bond donors (Lipinski definition) is 1. The summed E-state index contributed by atoms with van der Waals surface area (Å²) in [5.41, 5.74) is 2.23. The zero-order chi connectivity index (χ0) is 15.9. The highest BCUT2D eigenvalue weighted by Gasteiger charge is 2.14. The van der Waals surface area contributed by atoms with Gasteiger partial charge >= 0.3 is 5.97 Å². The van der Waals surface area contributed by atoms with Gasteiger partial charge in [0.15, 0.2) is 6.61 Å². The molecule has 0 aliphatic rings. The Morgan fingerprint density at radius 3 is 2.91 bits per heavy atom. The smallest absolute Gasteiger partial charge is 0.303 e. The molecule has 0 saturated heterocycles. The van der Waals surface area contributed by atoms with Gasteiger partial charge in [-0.15, -0.1) is 0 Å². The largest absolute Gasteiger partial charge is 0.453 e. The number of aromatic nitrogens is 1. The van der Waals surface area contributed by atoms with Gasteiger partial charge in [-0.25, -0.2) is 0 Å². The monoisotopic (exact) mass is 300 g/mol. The third kappa shape index (κ3) is 3.27. The van der Waals surface area contributed by atoms with Gasteiger partial charge in [0.05, 0.1) is 23.0 Å². The van der Waals surface area contributed by atoms with E-state index >= 15 is 0 Å². The molecule has 0 spiro atoms. The summed E-state index contributed by atoms with van der Waals surface area (Å²) in [6.45, 7) is 1.64. The molecule has 1 N–H and O–H groups in total. The molecular weight excluding hydrogens is 284 g/mol. The molecule has 0 saturated carbocycles. The van der Waals surface area contributed by atoms with E-state index in [1.165, 1.54) is 13.1 Å². The minimum absolute atomic E-state index is 0.00876. The predicted molar refractivity (Wildman–Crippen MR) is 81.8 cm³/mol. The highest BCUT2D eigenvalue weighted by atomic mass is 16.5. The average molecular weight is 300 g/mol. The number of hydrogen-bond acceptors (Lipinski definition) is 5. The van der Waals surface area contributed by atoms with E-state index in [0.29, 0.717) is 18.0 Å². The summed E-state index contributed by atoms with van der Waals surface area (Å²) in [5.74, 6) is 5.38. The maximum atomic E-state index is 10.8. The fraction of sp³-hybridized carbons (Fsp3) is 0.250. The third-order valence-corrected chi connectivity index (χ3v) is 3.01. The second kappa shape index (κ2) is 7.29. The highest BCUT2D eigenvalue weighted by molar-refractivity contribution is 5.97. The van der Waals surface area contributed by atoms with Crippen LogP contribution in [0.25, 0.3) is 10.9 Å². The first-order valence-corrected chi connectivity index (χ1v) is 6.59. The molecule has 0 unspecified atom stereocenters. The van der Waals surface area contributed by atoms with Crippen molar-refractivity contribution < 1.29 is 19.5 Å². The fourth-order valence-corrected chi connectivity index (χ4v) is 2.17. The Balaban J connectivity index is 2.55. The van der Waals surface area contributed by atoms with Crippen molar-refractivity contribution in [3.05, 3.63) is 35.5 Å². The first-order chi connectivity index (χ1) is 10.7. The molecule has 0 fully saturated rings. The topological polar surface area (TPSA) is 73.1 Å². The van der Waals surface area contributed by atoms with Crippen LogP contribution in [-0.4, -0.2) is 35.7 Å². The number of carbonyl (C=O) groups is 1. The van der Waals surface area contributed by atoms with Crippen LogP contribution in [0.2, 0.25) is 0 Å². The molecule has 1 aromatic carbocycles. The van der Waals surface area contributed by atoms with Crippen LogP contribution >= 0.6 is 0 Å². The Labute approximate surface area is 127 Å². The van der Waals surface area contributed by atoms with Crippen molar-refractivity contribution >= 4 is 23.1 Å². The first-order valence-electron chi connectivity index (χ1n) is 6.59. The van der Waals surface area contributed by atoms with Crippen molar-refractivity contribution in [2.75, 3.05) is 13.7 Å². The number of ether oxygens (including phenoxy) is 2. The minimum atomic E-state index is -0.381. The molecule has 0 aliphatic carbocycles. The summed E-state index contributed by atoms with van der Waals surface area (Å²) in [7, 11) is 1.58. The second-order valence-electron chi connectivity index (χ2n) is 4.45. The molecule has 0 aliphatic heterocycles. The van der Waals surface area contributed by atoms with E-state index in [9.17, 15) is 4.79 Å². The molecule has 114 valence electrons. The number of esters is 1. The zero-order valence-corrected chi connectivity index (χ0v) is 12.4. The molecular formula is C16H16N2O4. The molecule has 0 bridgehead atoms. The Kier molecular flexibility index (Phi) is 5.17. The fourth-order valence-electron chi connectivity index (χ4n) is 2.17. The van der Waals surface area contributed by atoms with Gasteiger partial charge in [-0.3, -0.25) is 4.79 Å². The molecule has 0 amide bonds. The van der Waals surface area contributed by atoms with Crippen molar-refractivity contribution in [3.8, 4) is 11.8 Å². The maximum absolute atomic E-state index is 10.8. The Morgan fingerprint density at radius 2 is 2.23 bits per heavy atom. The van der Waals surface area contributed by atoms with E-state index < -0.39 is 0 Å². The lowest BCUT2D eigenvalue weighted by Crippen LogP contribution is -2.05. The number of nitrogens with zero attached hydrogens (tertiary/aromatic N) is 2. The molecule has 0 atom stereocenters. The SMILES string of the molecule is COCn1c(/C=N/O)c(C#CCOC(C)=O)c2ccccc21. The molecule has 22 heavy (non-hydrogen) atoms. The Morgan fingerprint density at radius 1 is 1.45 bits per heavy atom. The first kappa shape index (κ1) is 15.6. The Bertz CT molecular complexity index is 766. The van der Waals surface area contributed by atoms with Crippen LogP contribution in [0.5, 0.6) is 0 Å². The Hall–Kier alpha value is -2.78. The van der Waals surface area contributed by atoms with Gasteiger partial charge in [-0.1, -0.05) is 35.2 Å². The van der Waals surface area contributed by atoms with Gasteiger partial charge in [-0.05, 0) is 6.07 Å². The summed E-state index contributed by atoms with van der Waals surface area (Å²) in [6, 6.07) is 7.66. The van der Waals surface area contributed by atoms with Gasteiger partial charge < -0.3 is 19.2 Å². The molecule has 6 heteroatoms. The van der Waals surface area contributed by atoms with Gasteiger partial charge in [0.2, 0.25) is 0 Å². The van der Waals surface area contributed by atoms with Crippen LogP contribution in [0.3, 0.4) is 0 Å². The van der Waals surface area contributed by atoms with E-state index in [4.69, 9.17) is 14.7 Å². The lowest BCUT2D eigenvalue weighted by Gasteiger charge is -2.05. The van der Waals surface area contributed by atoms with Gasteiger partial charge in [-0.2, -0.15) is 0 Å². The van der Waals surface area contributed by atoms with Gasteiger partial charge in [0.25, 0.3) is 0 Å². The number of rotatable bonds is 4. The number of methoxy groups -OCH3 is 1. The van der Waals surface area contributed by atoms with Crippen LogP contribution in [0.4, 0.5) is 0 Å². The van der Waals surface area contributed by atoms with Crippen molar-refractivity contribution in [1.82, 2.24) is 4.57 Å². The molecule has 2 aromatic rings. The summed E-state index contributed by atoms with van der Waals surface area (Å²) in [5, 5.41) is 12.9.